The van der Waals surface area contributed by atoms with Gasteiger partial charge in [-0.1, -0.05) is 74.5 Å². The summed E-state index contributed by atoms with van der Waals surface area (Å²) >= 11 is 0. The lowest BCUT2D eigenvalue weighted by Gasteiger charge is -2.35. The first-order chi connectivity index (χ1) is 21.7. The molecule has 0 aliphatic carbocycles. The predicted molar refractivity (Wildman–Crippen MR) is 182 cm³/mol. The lowest BCUT2D eigenvalue weighted by Crippen LogP contribution is -2.56. The molecule has 0 spiro atoms. The number of benzene rings is 3. The Morgan fingerprint density at radius 2 is 1.48 bits per heavy atom. The number of aliphatic hydroxyl groups excluding tert-OH is 1. The lowest BCUT2D eigenvalue weighted by atomic mass is 9.94. The van der Waals surface area contributed by atoms with Crippen molar-refractivity contribution in [3.8, 4) is 0 Å². The van der Waals surface area contributed by atoms with Crippen LogP contribution in [0.3, 0.4) is 0 Å². The Labute approximate surface area is 272 Å². The van der Waals surface area contributed by atoms with Gasteiger partial charge >= 0.3 is 0 Å². The average molecular weight is 633 g/mol. The monoisotopic (exact) mass is 632 g/mol. The fraction of sp³-hybridized carbons (Fsp3) is 0.432. The van der Waals surface area contributed by atoms with Gasteiger partial charge in [0.25, 0.3) is 0 Å². The third kappa shape index (κ3) is 10.2. The summed E-state index contributed by atoms with van der Waals surface area (Å²) in [6.07, 6.45) is 4.25. The van der Waals surface area contributed by atoms with E-state index in [2.05, 4.69) is 10.6 Å². The number of amides is 3. The molecule has 3 N–H and O–H groups in total. The Morgan fingerprint density at radius 3 is 2.11 bits per heavy atom. The fourth-order valence-corrected chi connectivity index (χ4v) is 4.94. The van der Waals surface area contributed by atoms with Crippen LogP contribution >= 0.6 is 0 Å². The summed E-state index contributed by atoms with van der Waals surface area (Å²) in [6, 6.07) is 17.8. The van der Waals surface area contributed by atoms with E-state index in [1.165, 1.54) is 28.0 Å². The highest BCUT2D eigenvalue weighted by Crippen LogP contribution is 2.21. The highest BCUT2D eigenvalue weighted by Gasteiger charge is 2.35. The third-order valence-corrected chi connectivity index (χ3v) is 8.54. The van der Waals surface area contributed by atoms with Crippen LogP contribution in [0.2, 0.25) is 0 Å². The molecular weight excluding hydrogens is 583 g/mol. The van der Waals surface area contributed by atoms with Crippen LogP contribution in [0.5, 0.6) is 0 Å². The molecule has 46 heavy (non-hydrogen) atoms. The van der Waals surface area contributed by atoms with Crippen molar-refractivity contribution in [2.24, 2.45) is 5.41 Å². The Kier molecular flexibility index (Phi) is 12.6. The van der Waals surface area contributed by atoms with Crippen LogP contribution in [0.25, 0.3) is 10.8 Å². The topological polar surface area (TPSA) is 102 Å². The Balaban J connectivity index is 1.97. The van der Waals surface area contributed by atoms with Crippen LogP contribution in [-0.4, -0.2) is 84.5 Å². The highest BCUT2D eigenvalue weighted by molar-refractivity contribution is 5.95. The van der Waals surface area contributed by atoms with Gasteiger partial charge in [0.05, 0.1) is 0 Å². The van der Waals surface area contributed by atoms with Crippen molar-refractivity contribution in [2.75, 3.05) is 34.3 Å². The van der Waals surface area contributed by atoms with Crippen molar-refractivity contribution in [2.45, 2.75) is 64.6 Å². The molecule has 0 unspecified atom stereocenters. The second-order valence-corrected chi connectivity index (χ2v) is 13.4. The van der Waals surface area contributed by atoms with Crippen molar-refractivity contribution in [1.82, 2.24) is 20.4 Å². The molecule has 0 aliphatic heterocycles. The summed E-state index contributed by atoms with van der Waals surface area (Å²) in [5.41, 5.74) is 0.766. The molecule has 0 heterocycles. The van der Waals surface area contributed by atoms with Gasteiger partial charge in [0.2, 0.25) is 17.7 Å². The summed E-state index contributed by atoms with van der Waals surface area (Å²) in [5.74, 6) is -1.55. The molecule has 3 rings (SSSR count). The maximum Gasteiger partial charge on any atom is 0.246 e. The number of nitrogens with one attached hydrogen (secondary N) is 2. The average Bonchev–Trinajstić information content (AvgIpc) is 3.04. The Bertz CT molecular complexity index is 1520. The van der Waals surface area contributed by atoms with Crippen LogP contribution in [0.1, 0.15) is 45.2 Å². The van der Waals surface area contributed by atoms with Crippen molar-refractivity contribution < 1.29 is 23.9 Å². The van der Waals surface area contributed by atoms with Gasteiger partial charge in [0.1, 0.15) is 17.9 Å². The van der Waals surface area contributed by atoms with Gasteiger partial charge in [-0.2, -0.15) is 0 Å². The van der Waals surface area contributed by atoms with Gasteiger partial charge in [-0.25, -0.2) is 4.39 Å². The Morgan fingerprint density at radius 1 is 0.870 bits per heavy atom. The van der Waals surface area contributed by atoms with Crippen molar-refractivity contribution in [3.05, 3.63) is 95.8 Å². The number of hydrogen-bond acceptors (Lipinski definition) is 5. The van der Waals surface area contributed by atoms with E-state index in [-0.39, 0.29) is 37.4 Å². The smallest absolute Gasteiger partial charge is 0.246 e. The molecular formula is C37H49FN4O4. The number of fused-ring (bicyclic) bond motifs is 1. The molecule has 0 saturated carbocycles. The maximum atomic E-state index is 14.4. The van der Waals surface area contributed by atoms with E-state index < -0.39 is 35.1 Å². The van der Waals surface area contributed by atoms with E-state index in [4.69, 9.17) is 0 Å². The minimum Gasteiger partial charge on any atom is -0.396 e. The molecule has 3 aromatic carbocycles. The summed E-state index contributed by atoms with van der Waals surface area (Å²) in [4.78, 5) is 44.3. The van der Waals surface area contributed by atoms with Crippen LogP contribution in [0, 0.1) is 11.2 Å². The number of nitrogens with zero attached hydrogens (tertiary/aromatic N) is 2. The van der Waals surface area contributed by atoms with E-state index in [0.29, 0.717) is 12.0 Å². The molecule has 0 saturated heterocycles. The summed E-state index contributed by atoms with van der Waals surface area (Å²) < 4.78 is 13.7. The zero-order valence-corrected chi connectivity index (χ0v) is 28.1. The minimum atomic E-state index is -0.956. The molecule has 0 radical (unpaired) electrons. The van der Waals surface area contributed by atoms with E-state index in [1.807, 2.05) is 77.2 Å². The molecule has 248 valence electrons. The number of rotatable bonds is 15. The fourth-order valence-electron chi connectivity index (χ4n) is 4.94. The number of hydrogen-bond donors (Lipinski definition) is 3. The number of halogens is 1. The number of likely N-dealkylation sites (N-methyl/N-ethyl adjacent to an activating group) is 2. The first-order valence-electron chi connectivity index (χ1n) is 15.7. The molecule has 0 aliphatic rings. The third-order valence-electron chi connectivity index (χ3n) is 8.54. The molecule has 3 aromatic rings. The molecule has 8 nitrogen and oxygen atoms in total. The molecule has 2 atom stereocenters. The molecule has 0 aromatic heterocycles. The van der Waals surface area contributed by atoms with E-state index in [0.717, 1.165) is 16.3 Å². The summed E-state index contributed by atoms with van der Waals surface area (Å²) in [7, 11) is 5.02. The standard InChI is InChI=1S/C37H49FN4O4/c1-36(2,25-43)24-40-34(45)31(22-26-15-18-30(38)19-16-26)42(7)35(46)32(41(6)33(44)13-10-20-37(3,4)39-5)23-27-14-17-28-11-8-9-12-29(28)21-27/h8-19,21,31-32,39,43H,20,22-25H2,1-7H3,(H,40,45)/t31-,32-/m1/s1. The second-order valence-electron chi connectivity index (χ2n) is 13.4. The van der Waals surface area contributed by atoms with Gasteiger partial charge in [0, 0.05) is 51.0 Å². The first-order valence-corrected chi connectivity index (χ1v) is 15.7. The number of carbonyl (C=O) groups excluding carboxylic acids is 3. The van der Waals surface area contributed by atoms with E-state index in [1.54, 1.807) is 32.3 Å². The molecule has 0 fully saturated rings. The van der Waals surface area contributed by atoms with Gasteiger partial charge < -0.3 is 25.5 Å². The highest BCUT2D eigenvalue weighted by atomic mass is 19.1. The maximum absolute atomic E-state index is 14.4. The van der Waals surface area contributed by atoms with Gasteiger partial charge in [-0.3, -0.25) is 14.4 Å². The number of aliphatic hydroxyl groups is 1. The van der Waals surface area contributed by atoms with Crippen molar-refractivity contribution in [1.29, 1.82) is 0 Å². The molecule has 3 amide bonds. The lowest BCUT2D eigenvalue weighted by molar-refractivity contribution is -0.146. The van der Waals surface area contributed by atoms with E-state index in [9.17, 15) is 23.9 Å². The zero-order chi connectivity index (χ0) is 34.1. The van der Waals surface area contributed by atoms with Gasteiger partial charge in [0.15, 0.2) is 0 Å². The van der Waals surface area contributed by atoms with Crippen molar-refractivity contribution in [3.63, 3.8) is 0 Å². The minimum absolute atomic E-state index is 0.132. The van der Waals surface area contributed by atoms with Crippen LogP contribution < -0.4 is 10.6 Å². The molecule has 9 heteroatoms. The van der Waals surface area contributed by atoms with Crippen LogP contribution in [0.15, 0.2) is 78.9 Å². The normalized spacial score (nSPS) is 13.4. The largest absolute Gasteiger partial charge is 0.396 e. The molecule has 0 bridgehead atoms. The quantitative estimate of drug-likeness (QED) is 0.214. The van der Waals surface area contributed by atoms with Crippen molar-refractivity contribution >= 4 is 28.5 Å². The van der Waals surface area contributed by atoms with Crippen LogP contribution in [-0.2, 0) is 27.2 Å². The Hall–Kier alpha value is -4.08. The number of carbonyl (C=O) groups is 3. The zero-order valence-electron chi connectivity index (χ0n) is 28.1. The van der Waals surface area contributed by atoms with Gasteiger partial charge in [-0.05, 0) is 67.4 Å². The SMILES string of the molecule is CNC(C)(C)CC=CC(=O)N(C)[C@H](Cc1ccc2ccccc2c1)C(=O)N(C)[C@H](Cc1ccc(F)cc1)C(=O)NCC(C)(C)CO. The second kappa shape index (κ2) is 16.0. The predicted octanol–water partition coefficient (Wildman–Crippen LogP) is 4.50. The van der Waals surface area contributed by atoms with Crippen LogP contribution in [0.4, 0.5) is 4.39 Å². The van der Waals surface area contributed by atoms with E-state index >= 15 is 0 Å². The summed E-state index contributed by atoms with van der Waals surface area (Å²) in [5, 5.41) is 17.9. The first kappa shape index (κ1) is 36.4. The summed E-state index contributed by atoms with van der Waals surface area (Å²) in [6.45, 7) is 7.76. The van der Waals surface area contributed by atoms with Gasteiger partial charge in [-0.15, -0.1) is 0 Å².